The van der Waals surface area contributed by atoms with Crippen LogP contribution in [0, 0.1) is 10.1 Å². The summed E-state index contributed by atoms with van der Waals surface area (Å²) in [7, 11) is 2.94. The average molecular weight is 469 g/mol. The van der Waals surface area contributed by atoms with Crippen molar-refractivity contribution in [1.29, 1.82) is 0 Å². The van der Waals surface area contributed by atoms with E-state index in [2.05, 4.69) is 0 Å². The van der Waals surface area contributed by atoms with Crippen LogP contribution < -0.4 is 0 Å². The minimum atomic E-state index is -1.31. The molecule has 0 saturated carbocycles. The number of hydrogen-bond donors (Lipinski definition) is 0. The third kappa shape index (κ3) is 5.18. The molecule has 0 aliphatic carbocycles. The fourth-order valence-corrected chi connectivity index (χ4v) is 3.72. The SMILES string of the molecule is CCCCO[C@@H]1OC[C@H](OC(=O)c2ccc([N+](=O)[O-])cc2)[C@H]2O[C@](C)(OC)[C@@](C)(OC)O[C@H]12. The third-order valence-corrected chi connectivity index (χ3v) is 6.06. The first-order chi connectivity index (χ1) is 15.7. The molecule has 6 atom stereocenters. The van der Waals surface area contributed by atoms with E-state index in [4.69, 9.17) is 33.2 Å². The van der Waals surface area contributed by atoms with Crippen LogP contribution in [0.5, 0.6) is 0 Å². The number of fused-ring (bicyclic) bond motifs is 1. The fraction of sp³-hybridized carbons (Fsp3) is 0.682. The van der Waals surface area contributed by atoms with Gasteiger partial charge in [-0.1, -0.05) is 13.3 Å². The standard InChI is InChI=1S/C22H31NO10/c1-6-7-12-29-20-18-17(32-21(2,27-4)22(3,28-5)33-18)16(13-30-20)31-19(24)14-8-10-15(11-9-14)23(25)26/h8-11,16-18,20H,6-7,12-13H2,1-5H3/t16-,17+,18-,20+,21-,22-/m0/s1. The number of nitro benzene ring substituents is 1. The van der Waals surface area contributed by atoms with E-state index >= 15 is 0 Å². The van der Waals surface area contributed by atoms with Crippen molar-refractivity contribution in [2.75, 3.05) is 27.4 Å². The maximum atomic E-state index is 12.7. The Labute approximate surface area is 192 Å². The number of hydrogen-bond acceptors (Lipinski definition) is 10. The highest BCUT2D eigenvalue weighted by atomic mass is 16.8. The lowest BCUT2D eigenvalue weighted by atomic mass is 9.98. The van der Waals surface area contributed by atoms with Gasteiger partial charge in [-0.05, 0) is 32.4 Å². The first-order valence-electron chi connectivity index (χ1n) is 10.8. The van der Waals surface area contributed by atoms with Gasteiger partial charge in [-0.25, -0.2) is 4.79 Å². The van der Waals surface area contributed by atoms with Crippen molar-refractivity contribution in [3.8, 4) is 0 Å². The number of esters is 1. The molecule has 0 amide bonds. The molecule has 184 valence electrons. The van der Waals surface area contributed by atoms with Crippen LogP contribution in [0.3, 0.4) is 0 Å². The normalized spacial score (nSPS) is 33.8. The van der Waals surface area contributed by atoms with E-state index in [0.29, 0.717) is 6.61 Å². The average Bonchev–Trinajstić information content (AvgIpc) is 2.81. The monoisotopic (exact) mass is 469 g/mol. The molecule has 0 aromatic heterocycles. The van der Waals surface area contributed by atoms with Gasteiger partial charge in [0.15, 0.2) is 12.4 Å². The number of unbranched alkanes of at least 4 members (excludes halogenated alkanes) is 1. The van der Waals surface area contributed by atoms with Gasteiger partial charge in [-0.2, -0.15) is 0 Å². The molecule has 0 bridgehead atoms. The topological polar surface area (TPSA) is 125 Å². The summed E-state index contributed by atoms with van der Waals surface area (Å²) in [6.07, 6.45) is -1.36. The number of rotatable bonds is 9. The summed E-state index contributed by atoms with van der Waals surface area (Å²) in [6, 6.07) is 5.14. The van der Waals surface area contributed by atoms with Gasteiger partial charge in [-0.15, -0.1) is 0 Å². The molecule has 0 N–H and O–H groups in total. The Kier molecular flexibility index (Phi) is 8.04. The van der Waals surface area contributed by atoms with Gasteiger partial charge in [0.2, 0.25) is 11.6 Å². The molecule has 1 aromatic rings. The van der Waals surface area contributed by atoms with E-state index in [1.54, 1.807) is 13.8 Å². The lowest BCUT2D eigenvalue weighted by Crippen LogP contribution is -2.71. The highest BCUT2D eigenvalue weighted by Crippen LogP contribution is 2.43. The van der Waals surface area contributed by atoms with Crippen LogP contribution >= 0.6 is 0 Å². The number of carbonyl (C=O) groups excluding carboxylic acids is 1. The van der Waals surface area contributed by atoms with Crippen LogP contribution in [0.4, 0.5) is 5.69 Å². The van der Waals surface area contributed by atoms with Crippen molar-refractivity contribution in [2.45, 2.75) is 69.8 Å². The van der Waals surface area contributed by atoms with Crippen molar-refractivity contribution in [3.63, 3.8) is 0 Å². The highest BCUT2D eigenvalue weighted by Gasteiger charge is 2.62. The summed E-state index contributed by atoms with van der Waals surface area (Å²) in [5.74, 6) is -3.28. The van der Waals surface area contributed by atoms with Gasteiger partial charge in [0.25, 0.3) is 5.69 Å². The van der Waals surface area contributed by atoms with Crippen molar-refractivity contribution >= 4 is 11.7 Å². The van der Waals surface area contributed by atoms with Crippen LogP contribution in [-0.2, 0) is 33.2 Å². The number of carbonyl (C=O) groups is 1. The Balaban J connectivity index is 1.81. The molecular formula is C22H31NO10. The molecule has 1 aromatic carbocycles. The molecule has 0 unspecified atom stereocenters. The molecule has 2 aliphatic rings. The van der Waals surface area contributed by atoms with Crippen LogP contribution in [-0.4, -0.2) is 74.5 Å². The van der Waals surface area contributed by atoms with Crippen molar-refractivity contribution < 1.29 is 42.9 Å². The second-order valence-electron chi connectivity index (χ2n) is 8.14. The van der Waals surface area contributed by atoms with Crippen LogP contribution in [0.15, 0.2) is 24.3 Å². The van der Waals surface area contributed by atoms with Gasteiger partial charge in [0.05, 0.1) is 17.1 Å². The van der Waals surface area contributed by atoms with Crippen molar-refractivity contribution in [3.05, 3.63) is 39.9 Å². The fourth-order valence-electron chi connectivity index (χ4n) is 3.72. The van der Waals surface area contributed by atoms with E-state index in [1.165, 1.54) is 38.5 Å². The number of benzene rings is 1. The Bertz CT molecular complexity index is 833. The molecule has 33 heavy (non-hydrogen) atoms. The third-order valence-electron chi connectivity index (χ3n) is 6.06. The Morgan fingerprint density at radius 2 is 1.73 bits per heavy atom. The first kappa shape index (κ1) is 25.5. The van der Waals surface area contributed by atoms with Gasteiger partial charge in [0, 0.05) is 33.0 Å². The van der Waals surface area contributed by atoms with E-state index in [-0.39, 0.29) is 17.9 Å². The second kappa shape index (κ2) is 10.4. The van der Waals surface area contributed by atoms with E-state index in [0.717, 1.165) is 12.8 Å². The van der Waals surface area contributed by atoms with Crippen molar-refractivity contribution in [2.24, 2.45) is 0 Å². The van der Waals surface area contributed by atoms with Gasteiger partial charge >= 0.3 is 5.97 Å². The summed E-state index contributed by atoms with van der Waals surface area (Å²) >= 11 is 0. The van der Waals surface area contributed by atoms with Gasteiger partial charge in [0.1, 0.15) is 12.2 Å². The Hall–Kier alpha value is -2.15. The largest absolute Gasteiger partial charge is 0.453 e. The molecule has 11 nitrogen and oxygen atoms in total. The minimum Gasteiger partial charge on any atom is -0.453 e. The van der Waals surface area contributed by atoms with Crippen molar-refractivity contribution in [1.82, 2.24) is 0 Å². The lowest BCUT2D eigenvalue weighted by molar-refractivity contribution is -0.478. The zero-order valence-electron chi connectivity index (χ0n) is 19.5. The highest BCUT2D eigenvalue weighted by molar-refractivity contribution is 5.89. The number of nitrogens with zero attached hydrogens (tertiary/aromatic N) is 1. The zero-order chi connectivity index (χ0) is 24.2. The smallest absolute Gasteiger partial charge is 0.338 e. The summed E-state index contributed by atoms with van der Waals surface area (Å²) in [5.41, 5.74) is 0.0323. The van der Waals surface area contributed by atoms with Crippen LogP contribution in [0.2, 0.25) is 0 Å². The number of methoxy groups -OCH3 is 2. The van der Waals surface area contributed by atoms with Gasteiger partial charge < -0.3 is 33.2 Å². The molecule has 3 rings (SSSR count). The molecule has 2 aliphatic heterocycles. The first-order valence-corrected chi connectivity index (χ1v) is 10.8. The molecule has 2 fully saturated rings. The predicted molar refractivity (Wildman–Crippen MR) is 113 cm³/mol. The van der Waals surface area contributed by atoms with Crippen LogP contribution in [0.1, 0.15) is 44.0 Å². The predicted octanol–water partition coefficient (Wildman–Crippen LogP) is 2.80. The quantitative estimate of drug-likeness (QED) is 0.231. The summed E-state index contributed by atoms with van der Waals surface area (Å²) < 4.78 is 41.1. The summed E-state index contributed by atoms with van der Waals surface area (Å²) in [4.78, 5) is 23.1. The molecule has 2 saturated heterocycles. The van der Waals surface area contributed by atoms with Crippen LogP contribution in [0.25, 0.3) is 0 Å². The van der Waals surface area contributed by atoms with E-state index < -0.39 is 47.1 Å². The maximum Gasteiger partial charge on any atom is 0.338 e. The number of ether oxygens (including phenoxy) is 7. The summed E-state index contributed by atoms with van der Waals surface area (Å²) in [5, 5.41) is 10.9. The summed E-state index contributed by atoms with van der Waals surface area (Å²) in [6.45, 7) is 5.87. The maximum absolute atomic E-state index is 12.7. The molecule has 2 heterocycles. The van der Waals surface area contributed by atoms with E-state index in [1.807, 2.05) is 6.92 Å². The lowest BCUT2D eigenvalue weighted by Gasteiger charge is -2.55. The van der Waals surface area contributed by atoms with E-state index in [9.17, 15) is 14.9 Å². The Morgan fingerprint density at radius 1 is 1.12 bits per heavy atom. The van der Waals surface area contributed by atoms with Gasteiger partial charge in [-0.3, -0.25) is 10.1 Å². The molecular weight excluding hydrogens is 438 g/mol. The molecule has 11 heteroatoms. The second-order valence-corrected chi connectivity index (χ2v) is 8.14. The number of non-ortho nitro benzene ring substituents is 1. The minimum absolute atomic E-state index is 0.00350. The number of nitro groups is 1. The zero-order valence-corrected chi connectivity index (χ0v) is 19.5. The molecule has 0 spiro atoms. The molecule has 0 radical (unpaired) electrons. The Morgan fingerprint density at radius 3 is 2.27 bits per heavy atom.